The van der Waals surface area contributed by atoms with Gasteiger partial charge in [0, 0.05) is 6.20 Å². The standard InChI is InChI=1S/C7H5ClFN3S/c1-4-10-5-2-3-12(13-9)6(5)7(8)11-4/h2-3H,1H3. The predicted molar refractivity (Wildman–Crippen MR) is 51.4 cm³/mol. The van der Waals surface area contributed by atoms with Crippen LogP contribution in [0.3, 0.4) is 0 Å². The molecule has 0 unspecified atom stereocenters. The Hall–Kier alpha value is -0.810. The van der Waals surface area contributed by atoms with Gasteiger partial charge in [0.2, 0.25) is 0 Å². The van der Waals surface area contributed by atoms with Crippen molar-refractivity contribution in [3.05, 3.63) is 23.2 Å². The molecule has 6 heteroatoms. The minimum absolute atomic E-state index is 0.0772. The molecule has 0 radical (unpaired) electrons. The molecule has 0 amide bonds. The maximum atomic E-state index is 12.3. The Labute approximate surface area is 83.4 Å². The van der Waals surface area contributed by atoms with E-state index < -0.39 is 0 Å². The summed E-state index contributed by atoms with van der Waals surface area (Å²) in [6.07, 6.45) is 1.56. The summed E-state index contributed by atoms with van der Waals surface area (Å²) < 4.78 is 13.6. The molecule has 0 bridgehead atoms. The Balaban J connectivity index is 2.82. The lowest BCUT2D eigenvalue weighted by molar-refractivity contribution is 0.920. The van der Waals surface area contributed by atoms with Gasteiger partial charge in [0.05, 0.1) is 5.52 Å². The summed E-state index contributed by atoms with van der Waals surface area (Å²) >= 11 is 5.91. The number of halogens is 2. The molecule has 0 saturated carbocycles. The second-order valence-electron chi connectivity index (χ2n) is 2.51. The Morgan fingerprint density at radius 3 is 3.00 bits per heavy atom. The van der Waals surface area contributed by atoms with Crippen LogP contribution in [0.25, 0.3) is 11.0 Å². The van der Waals surface area contributed by atoms with Gasteiger partial charge in [-0.2, -0.15) is 0 Å². The number of hydrogen-bond donors (Lipinski definition) is 0. The van der Waals surface area contributed by atoms with Gasteiger partial charge in [0.25, 0.3) is 0 Å². The molecule has 0 saturated heterocycles. The van der Waals surface area contributed by atoms with Crippen molar-refractivity contribution in [1.82, 2.24) is 13.9 Å². The largest absolute Gasteiger partial charge is 0.259 e. The van der Waals surface area contributed by atoms with Crippen molar-refractivity contribution in [3.63, 3.8) is 0 Å². The molecule has 0 aromatic carbocycles. The minimum Gasteiger partial charge on any atom is -0.259 e. The molecule has 0 aliphatic carbocycles. The summed E-state index contributed by atoms with van der Waals surface area (Å²) in [5, 5.41) is 0.276. The van der Waals surface area contributed by atoms with Crippen molar-refractivity contribution >= 4 is 35.0 Å². The molecule has 0 atom stereocenters. The summed E-state index contributed by atoms with van der Waals surface area (Å²) in [5.74, 6) is 0.583. The highest BCUT2D eigenvalue weighted by Crippen LogP contribution is 2.25. The molecule has 0 fully saturated rings. The van der Waals surface area contributed by atoms with Crippen LogP contribution in [0, 0.1) is 6.92 Å². The second kappa shape index (κ2) is 3.16. The lowest BCUT2D eigenvalue weighted by atomic mass is 10.4. The molecule has 3 nitrogen and oxygen atoms in total. The normalized spacial score (nSPS) is 11.0. The highest BCUT2D eigenvalue weighted by Gasteiger charge is 2.09. The third-order valence-corrected chi connectivity index (χ3v) is 2.36. The lowest BCUT2D eigenvalue weighted by Gasteiger charge is -1.98. The first-order chi connectivity index (χ1) is 6.22. The zero-order valence-electron chi connectivity index (χ0n) is 6.66. The summed E-state index contributed by atoms with van der Waals surface area (Å²) in [7, 11) is 0. The topological polar surface area (TPSA) is 30.7 Å². The number of hydrogen-bond acceptors (Lipinski definition) is 3. The molecule has 2 rings (SSSR count). The second-order valence-corrected chi connectivity index (χ2v) is 3.40. The quantitative estimate of drug-likeness (QED) is 0.689. The van der Waals surface area contributed by atoms with Crippen LogP contribution in [0.1, 0.15) is 5.82 Å². The molecule has 2 heterocycles. The van der Waals surface area contributed by atoms with E-state index in [1.807, 2.05) is 0 Å². The first kappa shape index (κ1) is 8.77. The van der Waals surface area contributed by atoms with Gasteiger partial charge in [0.15, 0.2) is 17.5 Å². The van der Waals surface area contributed by atoms with Crippen LogP contribution in [0.5, 0.6) is 0 Å². The Bertz CT molecular complexity index is 456. The van der Waals surface area contributed by atoms with Crippen molar-refractivity contribution in [1.29, 1.82) is 0 Å². The van der Waals surface area contributed by atoms with E-state index in [0.29, 0.717) is 16.9 Å². The highest BCUT2D eigenvalue weighted by molar-refractivity contribution is 7.92. The van der Waals surface area contributed by atoms with Gasteiger partial charge in [-0.05, 0) is 13.0 Å². The van der Waals surface area contributed by atoms with E-state index in [1.165, 1.54) is 3.97 Å². The van der Waals surface area contributed by atoms with Gasteiger partial charge >= 0.3 is 0 Å². The molecule has 0 N–H and O–H groups in total. The Morgan fingerprint density at radius 1 is 1.54 bits per heavy atom. The fourth-order valence-corrected chi connectivity index (χ4v) is 1.86. The van der Waals surface area contributed by atoms with Crippen LogP contribution in [-0.2, 0) is 0 Å². The SMILES string of the molecule is Cc1nc(Cl)c2c(ccn2SF)n1. The monoisotopic (exact) mass is 217 g/mol. The molecule has 13 heavy (non-hydrogen) atoms. The molecule has 0 aliphatic heterocycles. The van der Waals surface area contributed by atoms with Crippen LogP contribution in [0.2, 0.25) is 5.15 Å². The van der Waals surface area contributed by atoms with Gasteiger partial charge in [-0.15, -0.1) is 3.89 Å². The van der Waals surface area contributed by atoms with Crippen molar-refractivity contribution in [2.24, 2.45) is 0 Å². The van der Waals surface area contributed by atoms with Crippen molar-refractivity contribution in [2.45, 2.75) is 6.92 Å². The zero-order chi connectivity index (χ0) is 9.42. The number of aryl methyl sites for hydroxylation is 1. The van der Waals surface area contributed by atoms with Crippen LogP contribution in [0.15, 0.2) is 12.3 Å². The molecular weight excluding hydrogens is 213 g/mol. The summed E-state index contributed by atoms with van der Waals surface area (Å²) in [5.41, 5.74) is 1.17. The van der Waals surface area contributed by atoms with Crippen LogP contribution in [-0.4, -0.2) is 13.9 Å². The van der Waals surface area contributed by atoms with E-state index in [1.54, 1.807) is 19.2 Å². The fourth-order valence-electron chi connectivity index (χ4n) is 1.14. The van der Waals surface area contributed by atoms with Crippen LogP contribution in [0.4, 0.5) is 3.89 Å². The third-order valence-electron chi connectivity index (χ3n) is 1.64. The first-order valence-electron chi connectivity index (χ1n) is 3.52. The van der Waals surface area contributed by atoms with Gasteiger partial charge in [-0.25, -0.2) is 9.97 Å². The molecule has 2 aromatic rings. The number of nitrogens with zero attached hydrogens (tertiary/aromatic N) is 3. The number of rotatable bonds is 1. The molecule has 0 spiro atoms. The van der Waals surface area contributed by atoms with Gasteiger partial charge < -0.3 is 0 Å². The van der Waals surface area contributed by atoms with Gasteiger partial charge in [0.1, 0.15) is 11.3 Å². The van der Waals surface area contributed by atoms with E-state index in [-0.39, 0.29) is 17.5 Å². The average Bonchev–Trinajstić information content (AvgIpc) is 2.47. The third kappa shape index (κ3) is 1.38. The van der Waals surface area contributed by atoms with Crippen molar-refractivity contribution in [3.8, 4) is 0 Å². The van der Waals surface area contributed by atoms with E-state index in [9.17, 15) is 3.89 Å². The van der Waals surface area contributed by atoms with Gasteiger partial charge in [-0.1, -0.05) is 11.6 Å². The Kier molecular flexibility index (Phi) is 2.13. The maximum absolute atomic E-state index is 12.3. The van der Waals surface area contributed by atoms with E-state index in [4.69, 9.17) is 11.6 Å². The molecule has 0 aliphatic rings. The first-order valence-corrected chi connectivity index (χ1v) is 4.58. The summed E-state index contributed by atoms with van der Waals surface area (Å²) in [6, 6.07) is 1.70. The van der Waals surface area contributed by atoms with Crippen LogP contribution < -0.4 is 0 Å². The van der Waals surface area contributed by atoms with Gasteiger partial charge in [-0.3, -0.25) is 3.97 Å². The summed E-state index contributed by atoms with van der Waals surface area (Å²) in [6.45, 7) is 1.74. The average molecular weight is 218 g/mol. The number of aromatic nitrogens is 3. The summed E-state index contributed by atoms with van der Waals surface area (Å²) in [4.78, 5) is 8.04. The smallest absolute Gasteiger partial charge is 0.169 e. The minimum atomic E-state index is 0.0772. The zero-order valence-corrected chi connectivity index (χ0v) is 8.23. The Morgan fingerprint density at radius 2 is 2.31 bits per heavy atom. The van der Waals surface area contributed by atoms with Crippen molar-refractivity contribution < 1.29 is 3.89 Å². The predicted octanol–water partition coefficient (Wildman–Crippen LogP) is 2.77. The molecule has 2 aromatic heterocycles. The van der Waals surface area contributed by atoms with Crippen LogP contribution >= 0.6 is 23.9 Å². The van der Waals surface area contributed by atoms with E-state index in [2.05, 4.69) is 9.97 Å². The van der Waals surface area contributed by atoms with E-state index in [0.717, 1.165) is 0 Å². The molecular formula is C7H5ClFN3S. The van der Waals surface area contributed by atoms with E-state index >= 15 is 0 Å². The lowest BCUT2D eigenvalue weighted by Crippen LogP contribution is -1.90. The maximum Gasteiger partial charge on any atom is 0.169 e. The molecule has 68 valence electrons. The fraction of sp³-hybridized carbons (Fsp3) is 0.143. The number of fused-ring (bicyclic) bond motifs is 1. The van der Waals surface area contributed by atoms with Crippen molar-refractivity contribution in [2.75, 3.05) is 0 Å². The highest BCUT2D eigenvalue weighted by atomic mass is 35.5.